The molecule has 0 aliphatic rings. The summed E-state index contributed by atoms with van der Waals surface area (Å²) in [5, 5.41) is 0.481. The fourth-order valence-corrected chi connectivity index (χ4v) is 2.40. The summed E-state index contributed by atoms with van der Waals surface area (Å²) in [5.74, 6) is 0. The van der Waals surface area contributed by atoms with Crippen molar-refractivity contribution < 1.29 is 4.74 Å². The highest BCUT2D eigenvalue weighted by Gasteiger charge is 2.14. The monoisotopic (exact) mass is 328 g/mol. The van der Waals surface area contributed by atoms with Gasteiger partial charge in [0.05, 0.1) is 18.7 Å². The van der Waals surface area contributed by atoms with Crippen molar-refractivity contribution in [3.8, 4) is 11.1 Å². The summed E-state index contributed by atoms with van der Waals surface area (Å²) in [6, 6.07) is 6.73. The van der Waals surface area contributed by atoms with Crippen molar-refractivity contribution in [2.75, 3.05) is 13.2 Å². The van der Waals surface area contributed by atoms with Crippen LogP contribution >= 0.6 is 23.2 Å². The molecule has 0 atom stereocenters. The summed E-state index contributed by atoms with van der Waals surface area (Å²) in [7, 11) is 0. The molecule has 21 heavy (non-hydrogen) atoms. The van der Waals surface area contributed by atoms with E-state index >= 15 is 0 Å². The first-order valence-corrected chi connectivity index (χ1v) is 7.16. The number of H-pyrrole nitrogens is 1. The molecule has 0 spiro atoms. The molecule has 1 aromatic carbocycles. The van der Waals surface area contributed by atoms with E-state index in [9.17, 15) is 9.59 Å². The quantitative estimate of drug-likeness (QED) is 0.677. The molecule has 0 aliphatic carbocycles. The first kappa shape index (κ1) is 15.8. The standard InChI is InChI=1S/C14H14Cl2N2O3/c1-2-21-7-6-18-13(19)11(12(16)17-14(18)20)9-4-3-5-10(15)8-9/h3-5,8H,2,6-7H2,1H3,(H,17,20). The predicted molar refractivity (Wildman–Crippen MR) is 83.3 cm³/mol. The minimum atomic E-state index is -0.560. The smallest absolute Gasteiger partial charge is 0.329 e. The second-order valence-corrected chi connectivity index (χ2v) is 5.10. The maximum atomic E-state index is 12.5. The average Bonchev–Trinajstić information content (AvgIpc) is 2.42. The van der Waals surface area contributed by atoms with Crippen molar-refractivity contribution in [2.45, 2.75) is 13.5 Å². The molecule has 112 valence electrons. The molecule has 0 bridgehead atoms. The molecule has 2 rings (SSSR count). The van der Waals surface area contributed by atoms with Gasteiger partial charge in [-0.3, -0.25) is 14.3 Å². The Morgan fingerprint density at radius 3 is 2.71 bits per heavy atom. The van der Waals surface area contributed by atoms with Crippen molar-refractivity contribution in [1.82, 2.24) is 9.55 Å². The van der Waals surface area contributed by atoms with E-state index in [-0.39, 0.29) is 23.9 Å². The number of rotatable bonds is 5. The predicted octanol–water partition coefficient (Wildman–Crippen LogP) is 2.55. The third kappa shape index (κ3) is 3.56. The molecule has 5 nitrogen and oxygen atoms in total. The molecule has 1 N–H and O–H groups in total. The van der Waals surface area contributed by atoms with Gasteiger partial charge >= 0.3 is 5.69 Å². The van der Waals surface area contributed by atoms with E-state index in [0.29, 0.717) is 17.2 Å². The number of nitrogens with one attached hydrogen (secondary N) is 1. The first-order valence-electron chi connectivity index (χ1n) is 6.41. The normalized spacial score (nSPS) is 10.8. The molecule has 7 heteroatoms. The summed E-state index contributed by atoms with van der Waals surface area (Å²) in [6.45, 7) is 2.79. The molecule has 1 aromatic heterocycles. The van der Waals surface area contributed by atoms with Crippen molar-refractivity contribution in [3.63, 3.8) is 0 Å². The van der Waals surface area contributed by atoms with Gasteiger partial charge in [-0.05, 0) is 24.6 Å². The second kappa shape index (κ2) is 6.93. The zero-order valence-electron chi connectivity index (χ0n) is 11.4. The number of aromatic nitrogens is 2. The lowest BCUT2D eigenvalue weighted by Crippen LogP contribution is -2.37. The Labute approximate surface area is 131 Å². The lowest BCUT2D eigenvalue weighted by Gasteiger charge is -2.09. The van der Waals surface area contributed by atoms with Gasteiger partial charge in [0.1, 0.15) is 5.15 Å². The van der Waals surface area contributed by atoms with Gasteiger partial charge in [-0.1, -0.05) is 35.3 Å². The Kier molecular flexibility index (Phi) is 5.22. The third-order valence-corrected chi connectivity index (χ3v) is 3.44. The number of aromatic amines is 1. The zero-order chi connectivity index (χ0) is 15.4. The van der Waals surface area contributed by atoms with Gasteiger partial charge in [0, 0.05) is 11.6 Å². The Bertz CT molecular complexity index is 753. The molecule has 1 heterocycles. The van der Waals surface area contributed by atoms with Gasteiger partial charge in [-0.2, -0.15) is 0 Å². The van der Waals surface area contributed by atoms with E-state index in [0.717, 1.165) is 4.57 Å². The topological polar surface area (TPSA) is 64.1 Å². The lowest BCUT2D eigenvalue weighted by molar-refractivity contribution is 0.137. The molecule has 0 radical (unpaired) electrons. The molecular weight excluding hydrogens is 315 g/mol. The molecule has 0 saturated carbocycles. The summed E-state index contributed by atoms with van der Waals surface area (Å²) < 4.78 is 6.24. The van der Waals surface area contributed by atoms with Crippen molar-refractivity contribution in [3.05, 3.63) is 55.3 Å². The van der Waals surface area contributed by atoms with E-state index in [2.05, 4.69) is 4.98 Å². The van der Waals surface area contributed by atoms with Crippen LogP contribution in [0.1, 0.15) is 6.92 Å². The third-order valence-electron chi connectivity index (χ3n) is 2.92. The van der Waals surface area contributed by atoms with E-state index in [4.69, 9.17) is 27.9 Å². The van der Waals surface area contributed by atoms with E-state index in [1.54, 1.807) is 24.3 Å². The highest BCUT2D eigenvalue weighted by atomic mass is 35.5. The van der Waals surface area contributed by atoms with Crippen LogP contribution < -0.4 is 11.2 Å². The summed E-state index contributed by atoms with van der Waals surface area (Å²) in [4.78, 5) is 26.8. The summed E-state index contributed by atoms with van der Waals surface area (Å²) in [5.41, 5.74) is -0.254. The van der Waals surface area contributed by atoms with Crippen LogP contribution in [0.3, 0.4) is 0 Å². The van der Waals surface area contributed by atoms with Gasteiger partial charge < -0.3 is 4.74 Å². The first-order chi connectivity index (χ1) is 10.0. The van der Waals surface area contributed by atoms with Gasteiger partial charge in [-0.15, -0.1) is 0 Å². The van der Waals surface area contributed by atoms with Crippen LogP contribution in [-0.4, -0.2) is 22.8 Å². The van der Waals surface area contributed by atoms with Crippen LogP contribution in [0.2, 0.25) is 10.2 Å². The number of halogens is 2. The average molecular weight is 329 g/mol. The Morgan fingerprint density at radius 2 is 2.05 bits per heavy atom. The molecule has 0 fully saturated rings. The van der Waals surface area contributed by atoms with Crippen LogP contribution in [0.4, 0.5) is 0 Å². The minimum Gasteiger partial charge on any atom is -0.380 e. The molecule has 0 unspecified atom stereocenters. The van der Waals surface area contributed by atoms with Gasteiger partial charge in [-0.25, -0.2) is 4.79 Å². The Hall–Kier alpha value is -1.56. The van der Waals surface area contributed by atoms with Gasteiger partial charge in [0.15, 0.2) is 0 Å². The maximum Gasteiger partial charge on any atom is 0.329 e. The number of nitrogens with zero attached hydrogens (tertiary/aromatic N) is 1. The van der Waals surface area contributed by atoms with E-state index in [1.165, 1.54) is 0 Å². The zero-order valence-corrected chi connectivity index (χ0v) is 12.9. The Balaban J connectivity index is 2.54. The van der Waals surface area contributed by atoms with Crippen LogP contribution in [0.15, 0.2) is 33.9 Å². The molecule has 0 saturated heterocycles. The highest BCUT2D eigenvalue weighted by Crippen LogP contribution is 2.24. The van der Waals surface area contributed by atoms with Crippen molar-refractivity contribution >= 4 is 23.2 Å². The van der Waals surface area contributed by atoms with Crippen molar-refractivity contribution in [2.24, 2.45) is 0 Å². The molecule has 2 aromatic rings. The maximum absolute atomic E-state index is 12.5. The number of hydrogen-bond acceptors (Lipinski definition) is 3. The van der Waals surface area contributed by atoms with Crippen LogP contribution in [0.5, 0.6) is 0 Å². The summed E-state index contributed by atoms with van der Waals surface area (Å²) >= 11 is 11.9. The minimum absolute atomic E-state index is 0.0000680. The molecule has 0 aliphatic heterocycles. The molecular formula is C14H14Cl2N2O3. The van der Waals surface area contributed by atoms with E-state index in [1.807, 2.05) is 6.92 Å². The highest BCUT2D eigenvalue weighted by molar-refractivity contribution is 6.32. The van der Waals surface area contributed by atoms with Gasteiger partial charge in [0.2, 0.25) is 0 Å². The second-order valence-electron chi connectivity index (χ2n) is 4.28. The van der Waals surface area contributed by atoms with Gasteiger partial charge in [0.25, 0.3) is 5.56 Å². The van der Waals surface area contributed by atoms with E-state index < -0.39 is 11.2 Å². The lowest BCUT2D eigenvalue weighted by atomic mass is 10.1. The molecule has 0 amide bonds. The fourth-order valence-electron chi connectivity index (χ4n) is 1.94. The Morgan fingerprint density at radius 1 is 1.29 bits per heavy atom. The van der Waals surface area contributed by atoms with Crippen molar-refractivity contribution in [1.29, 1.82) is 0 Å². The largest absolute Gasteiger partial charge is 0.380 e. The van der Waals surface area contributed by atoms with Crippen LogP contribution in [-0.2, 0) is 11.3 Å². The summed E-state index contributed by atoms with van der Waals surface area (Å²) in [6.07, 6.45) is 0. The fraction of sp³-hybridized carbons (Fsp3) is 0.286. The van der Waals surface area contributed by atoms with Crippen LogP contribution in [0.25, 0.3) is 11.1 Å². The van der Waals surface area contributed by atoms with Crippen LogP contribution in [0, 0.1) is 0 Å². The number of benzene rings is 1. The number of hydrogen-bond donors (Lipinski definition) is 1. The SMILES string of the molecule is CCOCCn1c(=O)[nH]c(Cl)c(-c2cccc(Cl)c2)c1=O. The number of ether oxygens (including phenoxy) is 1.